The predicted molar refractivity (Wildman–Crippen MR) is 81.5 cm³/mol. The van der Waals surface area contributed by atoms with Crippen LogP contribution in [0.4, 0.5) is 0 Å². The van der Waals surface area contributed by atoms with Gasteiger partial charge in [-0.1, -0.05) is 0 Å². The first-order valence-corrected chi connectivity index (χ1v) is 7.67. The monoisotopic (exact) mass is 295 g/mol. The van der Waals surface area contributed by atoms with Crippen molar-refractivity contribution >= 4 is 17.5 Å². The highest BCUT2D eigenvalue weighted by Crippen LogP contribution is 2.28. The molecule has 1 N–H and O–H groups in total. The lowest BCUT2D eigenvalue weighted by atomic mass is 10.1. The van der Waals surface area contributed by atoms with Crippen molar-refractivity contribution in [2.24, 2.45) is 5.92 Å². The molecular formula is C16H22ClNO2. The van der Waals surface area contributed by atoms with E-state index in [9.17, 15) is 4.79 Å². The molecule has 0 aromatic heterocycles. The SMILES string of the molecule is CC(C)Oc1ccc(C(=O)NCC2CCC(Cl)C2)cc1. The van der Waals surface area contributed by atoms with Gasteiger partial charge in [-0.3, -0.25) is 4.79 Å². The lowest BCUT2D eigenvalue weighted by Gasteiger charge is -2.12. The number of rotatable bonds is 5. The second-order valence-electron chi connectivity index (χ2n) is 5.68. The third-order valence-electron chi connectivity index (χ3n) is 3.52. The van der Waals surface area contributed by atoms with Gasteiger partial charge in [0.15, 0.2) is 0 Å². The number of amides is 1. The van der Waals surface area contributed by atoms with Crippen molar-refractivity contribution in [2.75, 3.05) is 6.54 Å². The molecule has 0 saturated heterocycles. The Balaban J connectivity index is 1.83. The fourth-order valence-electron chi connectivity index (χ4n) is 2.50. The van der Waals surface area contributed by atoms with E-state index in [2.05, 4.69) is 5.32 Å². The molecule has 1 aliphatic carbocycles. The van der Waals surface area contributed by atoms with Crippen LogP contribution in [0.15, 0.2) is 24.3 Å². The molecule has 2 unspecified atom stereocenters. The Labute approximate surface area is 125 Å². The van der Waals surface area contributed by atoms with Crippen molar-refractivity contribution in [3.63, 3.8) is 0 Å². The highest BCUT2D eigenvalue weighted by atomic mass is 35.5. The number of carbonyl (C=O) groups is 1. The molecule has 4 heteroatoms. The van der Waals surface area contributed by atoms with Gasteiger partial charge in [-0.05, 0) is 63.3 Å². The summed E-state index contributed by atoms with van der Waals surface area (Å²) >= 11 is 6.07. The van der Waals surface area contributed by atoms with Crippen molar-refractivity contribution in [2.45, 2.75) is 44.6 Å². The Morgan fingerprint density at radius 2 is 2.05 bits per heavy atom. The van der Waals surface area contributed by atoms with Crippen LogP contribution in [-0.2, 0) is 0 Å². The van der Waals surface area contributed by atoms with E-state index < -0.39 is 0 Å². The lowest BCUT2D eigenvalue weighted by Crippen LogP contribution is -2.28. The van der Waals surface area contributed by atoms with Gasteiger partial charge < -0.3 is 10.1 Å². The predicted octanol–water partition coefficient (Wildman–Crippen LogP) is 3.61. The zero-order chi connectivity index (χ0) is 14.5. The number of ether oxygens (including phenoxy) is 1. The zero-order valence-corrected chi connectivity index (χ0v) is 12.8. The van der Waals surface area contributed by atoms with Crippen LogP contribution in [0.2, 0.25) is 0 Å². The summed E-state index contributed by atoms with van der Waals surface area (Å²) in [7, 11) is 0. The topological polar surface area (TPSA) is 38.3 Å². The van der Waals surface area contributed by atoms with Crippen molar-refractivity contribution in [1.29, 1.82) is 0 Å². The molecule has 0 radical (unpaired) electrons. The molecule has 1 aromatic rings. The Bertz CT molecular complexity index is 444. The van der Waals surface area contributed by atoms with Crippen molar-refractivity contribution in [3.05, 3.63) is 29.8 Å². The molecule has 1 fully saturated rings. The van der Waals surface area contributed by atoms with Crippen LogP contribution in [0.5, 0.6) is 5.75 Å². The van der Waals surface area contributed by atoms with Crippen LogP contribution in [0.1, 0.15) is 43.5 Å². The van der Waals surface area contributed by atoms with Crippen molar-refractivity contribution < 1.29 is 9.53 Å². The Hall–Kier alpha value is -1.22. The number of halogens is 1. The van der Waals surface area contributed by atoms with Gasteiger partial charge in [-0.15, -0.1) is 11.6 Å². The summed E-state index contributed by atoms with van der Waals surface area (Å²) in [6.07, 6.45) is 3.31. The second-order valence-corrected chi connectivity index (χ2v) is 6.29. The van der Waals surface area contributed by atoms with Gasteiger partial charge in [-0.2, -0.15) is 0 Å². The van der Waals surface area contributed by atoms with Gasteiger partial charge in [0.05, 0.1) is 6.10 Å². The molecule has 3 nitrogen and oxygen atoms in total. The first-order chi connectivity index (χ1) is 9.54. The number of alkyl halides is 1. The molecule has 0 bridgehead atoms. The summed E-state index contributed by atoms with van der Waals surface area (Å²) in [5.41, 5.74) is 0.668. The van der Waals surface area contributed by atoms with Crippen LogP contribution in [0, 0.1) is 5.92 Å². The number of hydrogen-bond acceptors (Lipinski definition) is 2. The Morgan fingerprint density at radius 1 is 1.35 bits per heavy atom. The van der Waals surface area contributed by atoms with E-state index in [4.69, 9.17) is 16.3 Å². The molecule has 110 valence electrons. The largest absolute Gasteiger partial charge is 0.491 e. The highest BCUT2D eigenvalue weighted by Gasteiger charge is 2.23. The minimum absolute atomic E-state index is 0.0286. The maximum atomic E-state index is 12.0. The third-order valence-corrected chi connectivity index (χ3v) is 3.91. The minimum atomic E-state index is -0.0286. The summed E-state index contributed by atoms with van der Waals surface area (Å²) in [5.74, 6) is 1.28. The molecule has 1 aliphatic rings. The van der Waals surface area contributed by atoms with Crippen LogP contribution < -0.4 is 10.1 Å². The fraction of sp³-hybridized carbons (Fsp3) is 0.562. The average molecular weight is 296 g/mol. The van der Waals surface area contributed by atoms with Gasteiger partial charge in [-0.25, -0.2) is 0 Å². The van der Waals surface area contributed by atoms with Crippen molar-refractivity contribution in [3.8, 4) is 5.75 Å². The van der Waals surface area contributed by atoms with Crippen LogP contribution in [0.25, 0.3) is 0 Å². The molecular weight excluding hydrogens is 274 g/mol. The standard InChI is InChI=1S/C16H22ClNO2/c1-11(2)20-15-7-4-13(5-8-15)16(19)18-10-12-3-6-14(17)9-12/h4-5,7-8,11-12,14H,3,6,9-10H2,1-2H3,(H,18,19). The van der Waals surface area contributed by atoms with Crippen LogP contribution in [0.3, 0.4) is 0 Å². The molecule has 20 heavy (non-hydrogen) atoms. The molecule has 0 aliphatic heterocycles. The molecule has 1 aromatic carbocycles. The molecule has 2 atom stereocenters. The third kappa shape index (κ3) is 4.41. The number of hydrogen-bond donors (Lipinski definition) is 1. The van der Waals surface area contributed by atoms with Gasteiger partial charge in [0.2, 0.25) is 0 Å². The number of carbonyl (C=O) groups excluding carboxylic acids is 1. The molecule has 2 rings (SSSR count). The zero-order valence-electron chi connectivity index (χ0n) is 12.1. The van der Waals surface area contributed by atoms with Gasteiger partial charge in [0, 0.05) is 17.5 Å². The van der Waals surface area contributed by atoms with Gasteiger partial charge >= 0.3 is 0 Å². The summed E-state index contributed by atoms with van der Waals surface area (Å²) < 4.78 is 5.56. The average Bonchev–Trinajstić information content (AvgIpc) is 2.82. The summed E-state index contributed by atoms with van der Waals surface area (Å²) in [5, 5.41) is 3.27. The second kappa shape index (κ2) is 6.98. The highest BCUT2D eigenvalue weighted by molar-refractivity contribution is 6.20. The van der Waals surface area contributed by atoms with E-state index in [-0.39, 0.29) is 17.4 Å². The lowest BCUT2D eigenvalue weighted by molar-refractivity contribution is 0.0947. The van der Waals surface area contributed by atoms with Crippen LogP contribution in [-0.4, -0.2) is 23.9 Å². The first kappa shape index (κ1) is 15.2. The quantitative estimate of drug-likeness (QED) is 0.843. The minimum Gasteiger partial charge on any atom is -0.491 e. The molecule has 1 amide bonds. The first-order valence-electron chi connectivity index (χ1n) is 7.23. The Kier molecular flexibility index (Phi) is 5.30. The summed E-state index contributed by atoms with van der Waals surface area (Å²) in [6, 6.07) is 7.26. The van der Waals surface area contributed by atoms with E-state index >= 15 is 0 Å². The van der Waals surface area contributed by atoms with E-state index in [1.54, 1.807) is 12.1 Å². The van der Waals surface area contributed by atoms with Gasteiger partial charge in [0.1, 0.15) is 5.75 Å². The van der Waals surface area contributed by atoms with Gasteiger partial charge in [0.25, 0.3) is 5.91 Å². The normalized spacial score (nSPS) is 22.0. The molecule has 0 spiro atoms. The fourth-order valence-corrected chi connectivity index (χ4v) is 2.87. The summed E-state index contributed by atoms with van der Waals surface area (Å²) in [6.45, 7) is 4.67. The van der Waals surface area contributed by atoms with Crippen molar-refractivity contribution in [1.82, 2.24) is 5.32 Å². The molecule has 1 saturated carbocycles. The number of benzene rings is 1. The maximum absolute atomic E-state index is 12.0. The molecule has 0 heterocycles. The maximum Gasteiger partial charge on any atom is 0.251 e. The summed E-state index contributed by atoms with van der Waals surface area (Å²) in [4.78, 5) is 12.0. The Morgan fingerprint density at radius 3 is 2.60 bits per heavy atom. The number of nitrogens with one attached hydrogen (secondary N) is 1. The van der Waals surface area contributed by atoms with E-state index in [0.717, 1.165) is 25.0 Å². The van der Waals surface area contributed by atoms with E-state index in [1.807, 2.05) is 26.0 Å². The smallest absolute Gasteiger partial charge is 0.251 e. The van der Waals surface area contributed by atoms with E-state index in [1.165, 1.54) is 0 Å². The van der Waals surface area contributed by atoms with E-state index in [0.29, 0.717) is 18.0 Å². The van der Waals surface area contributed by atoms with Crippen LogP contribution >= 0.6 is 11.6 Å².